The standard InChI is InChI=1S/C16H14N2O3/c1-21-13-8-7-12-15(14(13)16(19)20)17-10-18(12)9-11-5-3-2-4-6-11/h2-8,10H,9H2,1H3,(H,19,20). The number of aromatic carboxylic acids is 1. The molecule has 5 nitrogen and oxygen atoms in total. The van der Waals surface area contributed by atoms with Gasteiger partial charge in [-0.3, -0.25) is 0 Å². The van der Waals surface area contributed by atoms with Crippen LogP contribution >= 0.6 is 0 Å². The van der Waals surface area contributed by atoms with E-state index in [1.807, 2.05) is 41.0 Å². The van der Waals surface area contributed by atoms with Gasteiger partial charge in [0, 0.05) is 6.54 Å². The minimum atomic E-state index is -1.04. The minimum absolute atomic E-state index is 0.0989. The molecule has 0 fully saturated rings. The highest BCUT2D eigenvalue weighted by Crippen LogP contribution is 2.27. The number of ether oxygens (including phenoxy) is 1. The first-order chi connectivity index (χ1) is 10.2. The molecule has 0 unspecified atom stereocenters. The first kappa shape index (κ1) is 13.2. The van der Waals surface area contributed by atoms with E-state index >= 15 is 0 Å². The van der Waals surface area contributed by atoms with Crippen molar-refractivity contribution in [2.45, 2.75) is 6.54 Å². The van der Waals surface area contributed by atoms with Gasteiger partial charge in [-0.25, -0.2) is 9.78 Å². The summed E-state index contributed by atoms with van der Waals surface area (Å²) in [6, 6.07) is 13.4. The van der Waals surface area contributed by atoms with E-state index in [1.165, 1.54) is 7.11 Å². The zero-order chi connectivity index (χ0) is 14.8. The van der Waals surface area contributed by atoms with Crippen LogP contribution < -0.4 is 4.74 Å². The van der Waals surface area contributed by atoms with Crippen LogP contribution in [0.4, 0.5) is 0 Å². The van der Waals surface area contributed by atoms with Crippen molar-refractivity contribution in [2.75, 3.05) is 7.11 Å². The molecule has 0 saturated heterocycles. The summed E-state index contributed by atoms with van der Waals surface area (Å²) in [5.74, 6) is -0.720. The van der Waals surface area contributed by atoms with Crippen LogP contribution in [0.1, 0.15) is 15.9 Å². The number of rotatable bonds is 4. The van der Waals surface area contributed by atoms with Gasteiger partial charge in [-0.05, 0) is 17.7 Å². The van der Waals surface area contributed by atoms with Gasteiger partial charge in [-0.2, -0.15) is 0 Å². The molecule has 3 rings (SSSR count). The molecule has 1 N–H and O–H groups in total. The van der Waals surface area contributed by atoms with E-state index in [4.69, 9.17) is 4.74 Å². The van der Waals surface area contributed by atoms with Crippen molar-refractivity contribution in [3.05, 3.63) is 59.9 Å². The zero-order valence-corrected chi connectivity index (χ0v) is 11.5. The lowest BCUT2D eigenvalue weighted by atomic mass is 10.1. The van der Waals surface area contributed by atoms with Crippen molar-refractivity contribution in [2.24, 2.45) is 0 Å². The number of imidazole rings is 1. The van der Waals surface area contributed by atoms with Gasteiger partial charge in [-0.15, -0.1) is 0 Å². The third kappa shape index (κ3) is 2.33. The summed E-state index contributed by atoms with van der Waals surface area (Å²) in [5, 5.41) is 9.36. The lowest BCUT2D eigenvalue weighted by Crippen LogP contribution is -2.03. The molecule has 0 radical (unpaired) electrons. The number of carbonyl (C=O) groups is 1. The SMILES string of the molecule is COc1ccc2c(ncn2Cc2ccccc2)c1C(=O)O. The van der Waals surface area contributed by atoms with E-state index in [1.54, 1.807) is 12.4 Å². The number of aromatic nitrogens is 2. The molecule has 5 heteroatoms. The molecule has 106 valence electrons. The van der Waals surface area contributed by atoms with E-state index in [-0.39, 0.29) is 5.56 Å². The van der Waals surface area contributed by atoms with Gasteiger partial charge < -0.3 is 14.4 Å². The quantitative estimate of drug-likeness (QED) is 0.799. The summed E-state index contributed by atoms with van der Waals surface area (Å²) in [4.78, 5) is 15.7. The number of carboxylic acid groups (broad SMARTS) is 1. The smallest absolute Gasteiger partial charge is 0.341 e. The summed E-state index contributed by atoms with van der Waals surface area (Å²) in [6.45, 7) is 0.642. The van der Waals surface area contributed by atoms with Crippen molar-refractivity contribution in [3.8, 4) is 5.75 Å². The number of hydrogen-bond donors (Lipinski definition) is 1. The normalized spacial score (nSPS) is 10.7. The maximum Gasteiger partial charge on any atom is 0.341 e. The van der Waals surface area contributed by atoms with Crippen molar-refractivity contribution in [1.82, 2.24) is 9.55 Å². The molecule has 2 aromatic carbocycles. The van der Waals surface area contributed by atoms with Gasteiger partial charge in [-0.1, -0.05) is 30.3 Å². The number of carboxylic acids is 1. The third-order valence-corrected chi connectivity index (χ3v) is 3.38. The average Bonchev–Trinajstić information content (AvgIpc) is 2.90. The monoisotopic (exact) mass is 282 g/mol. The second kappa shape index (κ2) is 5.28. The Balaban J connectivity index is 2.11. The van der Waals surface area contributed by atoms with Crippen LogP contribution in [-0.4, -0.2) is 27.7 Å². The van der Waals surface area contributed by atoms with E-state index in [0.717, 1.165) is 11.1 Å². The molecule has 0 aliphatic heterocycles. The molecule has 0 aliphatic rings. The van der Waals surface area contributed by atoms with Gasteiger partial charge in [0.15, 0.2) is 0 Å². The molecule has 0 saturated carbocycles. The van der Waals surface area contributed by atoms with Crippen LogP contribution in [0, 0.1) is 0 Å². The maximum atomic E-state index is 11.4. The maximum absolute atomic E-state index is 11.4. The Labute approximate surface area is 121 Å². The fourth-order valence-electron chi connectivity index (χ4n) is 2.40. The topological polar surface area (TPSA) is 64.4 Å². The number of hydrogen-bond acceptors (Lipinski definition) is 3. The van der Waals surface area contributed by atoms with Crippen LogP contribution in [-0.2, 0) is 6.54 Å². The molecule has 1 heterocycles. The highest BCUT2D eigenvalue weighted by Gasteiger charge is 2.18. The van der Waals surface area contributed by atoms with Gasteiger partial charge in [0.25, 0.3) is 0 Å². The largest absolute Gasteiger partial charge is 0.496 e. The van der Waals surface area contributed by atoms with Crippen molar-refractivity contribution in [3.63, 3.8) is 0 Å². The van der Waals surface area contributed by atoms with Gasteiger partial charge in [0.1, 0.15) is 16.8 Å². The number of benzene rings is 2. The predicted octanol–water partition coefficient (Wildman–Crippen LogP) is 2.79. The summed E-state index contributed by atoms with van der Waals surface area (Å²) < 4.78 is 7.04. The molecule has 1 aromatic heterocycles. The van der Waals surface area contributed by atoms with E-state index in [2.05, 4.69) is 4.98 Å². The highest BCUT2D eigenvalue weighted by molar-refractivity contribution is 6.03. The van der Waals surface area contributed by atoms with Crippen LogP contribution in [0.15, 0.2) is 48.8 Å². The van der Waals surface area contributed by atoms with Crippen LogP contribution in [0.25, 0.3) is 11.0 Å². The van der Waals surface area contributed by atoms with E-state index in [0.29, 0.717) is 17.8 Å². The lowest BCUT2D eigenvalue weighted by Gasteiger charge is -2.07. The Morgan fingerprint density at radius 3 is 2.67 bits per heavy atom. The molecule has 0 atom stereocenters. The Kier molecular flexibility index (Phi) is 3.31. The second-order valence-corrected chi connectivity index (χ2v) is 4.67. The zero-order valence-electron chi connectivity index (χ0n) is 11.5. The average molecular weight is 282 g/mol. The minimum Gasteiger partial charge on any atom is -0.496 e. The van der Waals surface area contributed by atoms with Crippen LogP contribution in [0.3, 0.4) is 0 Å². The fraction of sp³-hybridized carbons (Fsp3) is 0.125. The van der Waals surface area contributed by atoms with Crippen molar-refractivity contribution < 1.29 is 14.6 Å². The molecular weight excluding hydrogens is 268 g/mol. The summed E-state index contributed by atoms with van der Waals surface area (Å²) in [7, 11) is 1.45. The Morgan fingerprint density at radius 2 is 2.00 bits per heavy atom. The number of methoxy groups -OCH3 is 1. The molecule has 3 aromatic rings. The molecule has 0 bridgehead atoms. The molecule has 21 heavy (non-hydrogen) atoms. The summed E-state index contributed by atoms with van der Waals surface area (Å²) in [5.41, 5.74) is 2.45. The second-order valence-electron chi connectivity index (χ2n) is 4.67. The molecular formula is C16H14N2O3. The fourth-order valence-corrected chi connectivity index (χ4v) is 2.40. The molecule has 0 spiro atoms. The summed E-state index contributed by atoms with van der Waals surface area (Å²) >= 11 is 0. The lowest BCUT2D eigenvalue weighted by molar-refractivity contribution is 0.0695. The van der Waals surface area contributed by atoms with Gasteiger partial charge in [0.05, 0.1) is 19.0 Å². The first-order valence-electron chi connectivity index (χ1n) is 6.49. The number of fused-ring (bicyclic) bond motifs is 1. The Bertz CT molecular complexity index is 794. The highest BCUT2D eigenvalue weighted by atomic mass is 16.5. The van der Waals surface area contributed by atoms with E-state index in [9.17, 15) is 9.90 Å². The van der Waals surface area contributed by atoms with Crippen molar-refractivity contribution in [1.29, 1.82) is 0 Å². The van der Waals surface area contributed by atoms with Crippen LogP contribution in [0.5, 0.6) is 5.75 Å². The molecule has 0 aliphatic carbocycles. The first-order valence-corrected chi connectivity index (χ1v) is 6.49. The van der Waals surface area contributed by atoms with Crippen molar-refractivity contribution >= 4 is 17.0 Å². The predicted molar refractivity (Wildman–Crippen MR) is 78.8 cm³/mol. The van der Waals surface area contributed by atoms with Gasteiger partial charge >= 0.3 is 5.97 Å². The Morgan fingerprint density at radius 1 is 1.24 bits per heavy atom. The van der Waals surface area contributed by atoms with Gasteiger partial charge in [0.2, 0.25) is 0 Å². The number of nitrogens with zero attached hydrogens (tertiary/aromatic N) is 2. The Hall–Kier alpha value is -2.82. The molecule has 0 amide bonds. The van der Waals surface area contributed by atoms with E-state index < -0.39 is 5.97 Å². The third-order valence-electron chi connectivity index (χ3n) is 3.38. The summed E-state index contributed by atoms with van der Waals surface area (Å²) in [6.07, 6.45) is 1.66. The van der Waals surface area contributed by atoms with Crippen LogP contribution in [0.2, 0.25) is 0 Å².